The Labute approximate surface area is 143 Å². The second-order valence-electron chi connectivity index (χ2n) is 7.91. The number of hydrogen-bond donors (Lipinski definition) is 0. The average molecular weight is 313 g/mol. The maximum absolute atomic E-state index is 2.48. The topological polar surface area (TPSA) is 0 Å². The highest BCUT2D eigenvalue weighted by Gasteiger charge is 2.16. The van der Waals surface area contributed by atoms with Gasteiger partial charge in [-0.15, -0.1) is 0 Å². The van der Waals surface area contributed by atoms with Crippen LogP contribution in [0.2, 0.25) is 0 Å². The number of rotatable bonds is 14. The molecule has 0 aliphatic heterocycles. The van der Waals surface area contributed by atoms with Gasteiger partial charge in [-0.2, -0.15) is 0 Å². The predicted molar refractivity (Wildman–Crippen MR) is 106 cm³/mol. The van der Waals surface area contributed by atoms with E-state index in [-0.39, 0.29) is 0 Å². The van der Waals surface area contributed by atoms with Crippen LogP contribution in [0.3, 0.4) is 0 Å². The quantitative estimate of drug-likeness (QED) is 0.281. The van der Waals surface area contributed by atoms with E-state index < -0.39 is 0 Å². The van der Waals surface area contributed by atoms with Gasteiger partial charge in [-0.25, -0.2) is 0 Å². The zero-order valence-electron chi connectivity index (χ0n) is 17.1. The minimum Gasteiger partial charge on any atom is -0.0656 e. The lowest BCUT2D eigenvalue weighted by Gasteiger charge is -2.24. The van der Waals surface area contributed by atoms with E-state index in [1.54, 1.807) is 0 Å². The molecule has 0 radical (unpaired) electrons. The van der Waals surface area contributed by atoms with Gasteiger partial charge in [-0.1, -0.05) is 125 Å². The second kappa shape index (κ2) is 19.0. The van der Waals surface area contributed by atoms with E-state index in [4.69, 9.17) is 0 Å². The monoisotopic (exact) mass is 312 g/mol. The highest BCUT2D eigenvalue weighted by Crippen LogP contribution is 2.30. The summed E-state index contributed by atoms with van der Waals surface area (Å²) >= 11 is 0. The third kappa shape index (κ3) is 22.3. The molecule has 0 spiro atoms. The third-order valence-electron chi connectivity index (χ3n) is 4.41. The van der Waals surface area contributed by atoms with E-state index in [1.165, 1.54) is 96.3 Å². The van der Waals surface area contributed by atoms with E-state index in [9.17, 15) is 0 Å². The standard InChI is InChI=1S/C19H40.C3H8/c1-5-7-9-11-12-14-16-18-19(3,4)17-15-13-10-8-6-2;1-3-2/h5-18H2,1-4H3;3H2,1-2H3. The van der Waals surface area contributed by atoms with Crippen LogP contribution >= 0.6 is 0 Å². The summed E-state index contributed by atoms with van der Waals surface area (Å²) in [6, 6.07) is 0. The van der Waals surface area contributed by atoms with Gasteiger partial charge in [-0.05, 0) is 18.3 Å². The van der Waals surface area contributed by atoms with Crippen LogP contribution < -0.4 is 0 Å². The third-order valence-corrected chi connectivity index (χ3v) is 4.41. The fourth-order valence-corrected chi connectivity index (χ4v) is 2.89. The van der Waals surface area contributed by atoms with Crippen molar-refractivity contribution in [2.24, 2.45) is 5.41 Å². The zero-order chi connectivity index (χ0) is 17.1. The Bertz CT molecular complexity index is 180. The van der Waals surface area contributed by atoms with Gasteiger partial charge < -0.3 is 0 Å². The van der Waals surface area contributed by atoms with Gasteiger partial charge in [0.2, 0.25) is 0 Å². The molecule has 0 atom stereocenters. The smallest absolute Gasteiger partial charge is 0.0354 e. The predicted octanol–water partition coefficient (Wildman–Crippen LogP) is 8.93. The molecule has 22 heavy (non-hydrogen) atoms. The highest BCUT2D eigenvalue weighted by molar-refractivity contribution is 4.68. The van der Waals surface area contributed by atoms with Crippen molar-refractivity contribution in [2.75, 3.05) is 0 Å². The van der Waals surface area contributed by atoms with Crippen molar-refractivity contribution in [3.8, 4) is 0 Å². The summed E-state index contributed by atoms with van der Waals surface area (Å²) < 4.78 is 0. The van der Waals surface area contributed by atoms with Gasteiger partial charge in [-0.3, -0.25) is 0 Å². The Morgan fingerprint density at radius 1 is 0.455 bits per heavy atom. The van der Waals surface area contributed by atoms with Crippen molar-refractivity contribution in [1.29, 1.82) is 0 Å². The summed E-state index contributed by atoms with van der Waals surface area (Å²) in [5.41, 5.74) is 0.593. The van der Waals surface area contributed by atoms with E-state index in [0.29, 0.717) is 5.41 Å². The molecule has 0 aliphatic rings. The first-order valence-electron chi connectivity index (χ1n) is 10.5. The molecular weight excluding hydrogens is 264 g/mol. The minimum atomic E-state index is 0.593. The lowest BCUT2D eigenvalue weighted by molar-refractivity contribution is 0.282. The minimum absolute atomic E-state index is 0.593. The SMILES string of the molecule is CCC.CCCCCCCCCC(C)(C)CCCCCCC. The Hall–Kier alpha value is 0. The van der Waals surface area contributed by atoms with E-state index >= 15 is 0 Å². The molecule has 0 rings (SSSR count). The van der Waals surface area contributed by atoms with Crippen molar-refractivity contribution < 1.29 is 0 Å². The first-order chi connectivity index (χ1) is 10.5. The summed E-state index contributed by atoms with van der Waals surface area (Å²) in [7, 11) is 0. The second-order valence-corrected chi connectivity index (χ2v) is 7.91. The maximum Gasteiger partial charge on any atom is -0.0354 e. The van der Waals surface area contributed by atoms with Gasteiger partial charge in [0.25, 0.3) is 0 Å². The van der Waals surface area contributed by atoms with Gasteiger partial charge in [0.1, 0.15) is 0 Å². The molecule has 0 bridgehead atoms. The lowest BCUT2D eigenvalue weighted by Crippen LogP contribution is -2.11. The molecule has 0 aromatic rings. The number of unbranched alkanes of at least 4 members (excludes halogenated alkanes) is 10. The highest BCUT2D eigenvalue weighted by atomic mass is 14.2. The van der Waals surface area contributed by atoms with Crippen LogP contribution in [0.5, 0.6) is 0 Å². The fraction of sp³-hybridized carbons (Fsp3) is 1.00. The molecule has 0 amide bonds. The molecule has 136 valence electrons. The van der Waals surface area contributed by atoms with Gasteiger partial charge >= 0.3 is 0 Å². The van der Waals surface area contributed by atoms with Crippen LogP contribution in [0.4, 0.5) is 0 Å². The Balaban J connectivity index is 0. The summed E-state index contributed by atoms with van der Waals surface area (Å²) in [6.07, 6.45) is 21.4. The Morgan fingerprint density at radius 3 is 1.05 bits per heavy atom. The lowest BCUT2D eigenvalue weighted by atomic mass is 9.82. The Morgan fingerprint density at radius 2 is 0.727 bits per heavy atom. The molecule has 0 aromatic heterocycles. The zero-order valence-corrected chi connectivity index (χ0v) is 17.1. The molecule has 0 heterocycles. The normalized spacial score (nSPS) is 11.2. The molecule has 0 saturated heterocycles. The van der Waals surface area contributed by atoms with E-state index in [2.05, 4.69) is 41.5 Å². The van der Waals surface area contributed by atoms with Crippen LogP contribution in [0, 0.1) is 5.41 Å². The first-order valence-corrected chi connectivity index (χ1v) is 10.5. The fourth-order valence-electron chi connectivity index (χ4n) is 2.89. The van der Waals surface area contributed by atoms with Crippen molar-refractivity contribution in [1.82, 2.24) is 0 Å². The average Bonchev–Trinajstić information content (AvgIpc) is 2.47. The van der Waals surface area contributed by atoms with E-state index in [1.807, 2.05) is 0 Å². The molecule has 0 aliphatic carbocycles. The Kier molecular flexibility index (Phi) is 21.0. The molecule has 0 fully saturated rings. The van der Waals surface area contributed by atoms with Crippen molar-refractivity contribution in [2.45, 2.75) is 138 Å². The number of hydrogen-bond acceptors (Lipinski definition) is 0. The molecule has 0 heteroatoms. The molecule has 0 saturated carbocycles. The summed E-state index contributed by atoms with van der Waals surface area (Å²) in [6.45, 7) is 13.8. The molecular formula is C22H48. The van der Waals surface area contributed by atoms with Crippen molar-refractivity contribution >= 4 is 0 Å². The van der Waals surface area contributed by atoms with Gasteiger partial charge in [0.15, 0.2) is 0 Å². The van der Waals surface area contributed by atoms with E-state index in [0.717, 1.165) is 0 Å². The van der Waals surface area contributed by atoms with Crippen LogP contribution in [0.15, 0.2) is 0 Å². The molecule has 0 nitrogen and oxygen atoms in total. The molecule has 0 aromatic carbocycles. The van der Waals surface area contributed by atoms with Crippen molar-refractivity contribution in [3.05, 3.63) is 0 Å². The van der Waals surface area contributed by atoms with Crippen LogP contribution in [0.1, 0.15) is 138 Å². The summed E-state index contributed by atoms with van der Waals surface area (Å²) in [5, 5.41) is 0. The summed E-state index contributed by atoms with van der Waals surface area (Å²) in [5.74, 6) is 0. The van der Waals surface area contributed by atoms with Crippen LogP contribution in [0.25, 0.3) is 0 Å². The summed E-state index contributed by atoms with van der Waals surface area (Å²) in [4.78, 5) is 0. The largest absolute Gasteiger partial charge is 0.0656 e. The van der Waals surface area contributed by atoms with Gasteiger partial charge in [0.05, 0.1) is 0 Å². The van der Waals surface area contributed by atoms with Crippen molar-refractivity contribution in [3.63, 3.8) is 0 Å². The van der Waals surface area contributed by atoms with Crippen LogP contribution in [-0.2, 0) is 0 Å². The molecule has 0 N–H and O–H groups in total. The van der Waals surface area contributed by atoms with Gasteiger partial charge in [0, 0.05) is 0 Å². The first kappa shape index (κ1) is 24.3. The maximum atomic E-state index is 2.48. The van der Waals surface area contributed by atoms with Crippen LogP contribution in [-0.4, -0.2) is 0 Å². The molecule has 0 unspecified atom stereocenters.